The molecule has 0 fully saturated rings. The maximum atomic E-state index is 14.2. The highest BCUT2D eigenvalue weighted by Crippen LogP contribution is 2.56. The summed E-state index contributed by atoms with van der Waals surface area (Å²) in [5.74, 6) is -0.591. The van der Waals surface area contributed by atoms with E-state index < -0.39 is 37.0 Å². The monoisotopic (exact) mass is 500 g/mol. The second-order valence-corrected chi connectivity index (χ2v) is 9.22. The Balaban J connectivity index is 2.17. The molecule has 10 heteroatoms. The van der Waals surface area contributed by atoms with E-state index in [2.05, 4.69) is 31.9 Å². The number of aliphatic hydroxyl groups is 1. The maximum absolute atomic E-state index is 14.2. The molecule has 0 aromatic heterocycles. The Morgan fingerprint density at radius 2 is 1.80 bits per heavy atom. The summed E-state index contributed by atoms with van der Waals surface area (Å²) in [5.41, 5.74) is -3.47. The fraction of sp³-hybridized carbons (Fsp3) is 0.200. The van der Waals surface area contributed by atoms with Gasteiger partial charge in [-0.05, 0) is 47.1 Å². The smallest absolute Gasteiger partial charge is 0.381 e. The largest absolute Gasteiger partial charge is 0.456 e. The molecule has 1 unspecified atom stereocenters. The molecule has 0 bridgehead atoms. The number of hydrogen-bond acceptors (Lipinski definition) is 4. The van der Waals surface area contributed by atoms with E-state index in [1.807, 2.05) is 0 Å². The van der Waals surface area contributed by atoms with Crippen molar-refractivity contribution < 1.29 is 31.4 Å². The second kappa shape index (κ2) is 5.70. The molecule has 2 aromatic rings. The van der Waals surface area contributed by atoms with Crippen LogP contribution in [0.25, 0.3) is 0 Å². The lowest BCUT2D eigenvalue weighted by molar-refractivity contribution is -0.115. The first kappa shape index (κ1) is 18.7. The zero-order valence-corrected chi connectivity index (χ0v) is 16.3. The average Bonchev–Trinajstić information content (AvgIpc) is 2.56. The number of sulfone groups is 1. The van der Waals surface area contributed by atoms with Gasteiger partial charge in [0.2, 0.25) is 9.84 Å². The molecule has 2 aromatic carbocycles. The summed E-state index contributed by atoms with van der Waals surface area (Å²) in [7, 11) is -5.05. The highest BCUT2D eigenvalue weighted by atomic mass is 79.9. The predicted molar refractivity (Wildman–Crippen MR) is 90.0 cm³/mol. The van der Waals surface area contributed by atoms with Gasteiger partial charge in [-0.3, -0.25) is 0 Å². The van der Waals surface area contributed by atoms with Gasteiger partial charge in [-0.2, -0.15) is 8.78 Å². The molecule has 1 aliphatic heterocycles. The molecule has 3 rings (SSSR count). The van der Waals surface area contributed by atoms with Gasteiger partial charge >= 0.3 is 5.25 Å². The van der Waals surface area contributed by atoms with E-state index in [1.54, 1.807) is 0 Å². The topological polar surface area (TPSA) is 63.6 Å². The van der Waals surface area contributed by atoms with E-state index >= 15 is 0 Å². The van der Waals surface area contributed by atoms with Gasteiger partial charge in [0, 0.05) is 16.1 Å². The summed E-state index contributed by atoms with van der Waals surface area (Å²) in [6, 6.07) is 5.77. The SMILES string of the molecule is CC1(O)c2c(ccc(Oc3cc(F)cc(Br)c3)c2Br)S(=O)(=O)C1(F)F. The predicted octanol–water partition coefficient (Wildman–Crippen LogP) is 4.73. The summed E-state index contributed by atoms with van der Waals surface area (Å²) in [6.45, 7) is 0.712. The van der Waals surface area contributed by atoms with Gasteiger partial charge in [0.1, 0.15) is 17.3 Å². The van der Waals surface area contributed by atoms with E-state index in [0.717, 1.165) is 18.2 Å². The van der Waals surface area contributed by atoms with Crippen LogP contribution < -0.4 is 4.74 Å². The van der Waals surface area contributed by atoms with Crippen LogP contribution >= 0.6 is 31.9 Å². The molecular formula is C15H9Br2F3O4S. The van der Waals surface area contributed by atoms with E-state index in [-0.39, 0.29) is 16.0 Å². The van der Waals surface area contributed by atoms with Crippen LogP contribution in [0.5, 0.6) is 11.5 Å². The number of fused-ring (bicyclic) bond motifs is 1. The molecule has 0 saturated heterocycles. The summed E-state index contributed by atoms with van der Waals surface area (Å²) >= 11 is 6.11. The van der Waals surface area contributed by atoms with Crippen LogP contribution in [0.15, 0.2) is 44.2 Å². The molecule has 1 aliphatic rings. The molecular weight excluding hydrogens is 493 g/mol. The minimum Gasteiger partial charge on any atom is -0.456 e. The first-order chi connectivity index (χ1) is 11.4. The Kier molecular flexibility index (Phi) is 4.26. The fourth-order valence-corrected chi connectivity index (χ4v) is 5.66. The van der Waals surface area contributed by atoms with Crippen molar-refractivity contribution in [3.8, 4) is 11.5 Å². The van der Waals surface area contributed by atoms with Crippen molar-refractivity contribution in [2.75, 3.05) is 0 Å². The van der Waals surface area contributed by atoms with Crippen LogP contribution in [0.3, 0.4) is 0 Å². The lowest BCUT2D eigenvalue weighted by Gasteiger charge is -2.25. The van der Waals surface area contributed by atoms with Crippen LogP contribution in [-0.2, 0) is 15.4 Å². The number of rotatable bonds is 2. The zero-order chi connectivity index (χ0) is 18.8. The van der Waals surface area contributed by atoms with Crippen LogP contribution in [0, 0.1) is 5.82 Å². The van der Waals surface area contributed by atoms with Crippen LogP contribution in [-0.4, -0.2) is 18.8 Å². The van der Waals surface area contributed by atoms with Gasteiger partial charge in [-0.25, -0.2) is 12.8 Å². The standard InChI is InChI=1S/C15H9Br2F3O4S/c1-14(21)12-11(25(22,23)15(14,19)20)3-2-10(13(12)17)24-9-5-7(16)4-8(18)6-9/h2-6,21H,1H3. The summed E-state index contributed by atoms with van der Waals surface area (Å²) < 4.78 is 71.5. The molecule has 0 amide bonds. The minimum atomic E-state index is -5.05. The Labute approximate surface area is 157 Å². The van der Waals surface area contributed by atoms with Gasteiger partial charge in [-0.1, -0.05) is 15.9 Å². The van der Waals surface area contributed by atoms with E-state index in [0.29, 0.717) is 11.4 Å². The van der Waals surface area contributed by atoms with Crippen molar-refractivity contribution in [1.29, 1.82) is 0 Å². The Bertz CT molecular complexity index is 970. The van der Waals surface area contributed by atoms with Crippen LogP contribution in [0.4, 0.5) is 13.2 Å². The van der Waals surface area contributed by atoms with Crippen LogP contribution in [0.2, 0.25) is 0 Å². The number of ether oxygens (including phenoxy) is 1. The molecule has 0 spiro atoms. The number of benzene rings is 2. The molecule has 0 saturated carbocycles. The van der Waals surface area contributed by atoms with Crippen molar-refractivity contribution in [1.82, 2.24) is 0 Å². The molecule has 4 nitrogen and oxygen atoms in total. The highest BCUT2D eigenvalue weighted by molar-refractivity contribution is 9.10. The molecule has 25 heavy (non-hydrogen) atoms. The summed E-state index contributed by atoms with van der Waals surface area (Å²) in [4.78, 5) is -0.692. The number of hydrogen-bond donors (Lipinski definition) is 1. The Morgan fingerprint density at radius 1 is 1.16 bits per heavy atom. The number of halogens is 5. The van der Waals surface area contributed by atoms with Crippen molar-refractivity contribution in [2.24, 2.45) is 0 Å². The lowest BCUT2D eigenvalue weighted by atomic mass is 9.96. The van der Waals surface area contributed by atoms with Crippen molar-refractivity contribution in [3.63, 3.8) is 0 Å². The number of alkyl halides is 2. The van der Waals surface area contributed by atoms with E-state index in [4.69, 9.17) is 4.74 Å². The van der Waals surface area contributed by atoms with Gasteiger partial charge in [0.25, 0.3) is 0 Å². The average molecular weight is 502 g/mol. The first-order valence-electron chi connectivity index (χ1n) is 6.71. The molecule has 134 valence electrons. The van der Waals surface area contributed by atoms with Crippen molar-refractivity contribution in [3.05, 3.63) is 50.7 Å². The van der Waals surface area contributed by atoms with Gasteiger partial charge in [0.15, 0.2) is 5.60 Å². The maximum Gasteiger partial charge on any atom is 0.381 e. The molecule has 0 aliphatic carbocycles. The minimum absolute atomic E-state index is 0.0515. The third-order valence-electron chi connectivity index (χ3n) is 3.81. The third-order valence-corrected chi connectivity index (χ3v) is 7.05. The third kappa shape index (κ3) is 2.61. The van der Waals surface area contributed by atoms with Gasteiger partial charge in [-0.15, -0.1) is 0 Å². The molecule has 0 radical (unpaired) electrons. The zero-order valence-electron chi connectivity index (χ0n) is 12.4. The van der Waals surface area contributed by atoms with E-state index in [1.165, 1.54) is 12.1 Å². The summed E-state index contributed by atoms with van der Waals surface area (Å²) in [5, 5.41) is 5.79. The molecule has 1 atom stereocenters. The summed E-state index contributed by atoms with van der Waals surface area (Å²) in [6.07, 6.45) is 0. The Morgan fingerprint density at radius 3 is 2.40 bits per heavy atom. The molecule has 1 N–H and O–H groups in total. The van der Waals surface area contributed by atoms with Crippen LogP contribution in [0.1, 0.15) is 12.5 Å². The molecule has 1 heterocycles. The quantitative estimate of drug-likeness (QED) is 0.646. The van der Waals surface area contributed by atoms with Gasteiger partial charge < -0.3 is 9.84 Å². The van der Waals surface area contributed by atoms with Crippen molar-refractivity contribution in [2.45, 2.75) is 22.7 Å². The van der Waals surface area contributed by atoms with E-state index in [9.17, 15) is 26.7 Å². The van der Waals surface area contributed by atoms with Gasteiger partial charge in [0.05, 0.1) is 9.37 Å². The highest BCUT2D eigenvalue weighted by Gasteiger charge is 2.68. The van der Waals surface area contributed by atoms with Crippen molar-refractivity contribution >= 4 is 41.7 Å². The first-order valence-corrected chi connectivity index (χ1v) is 9.78. The lowest BCUT2D eigenvalue weighted by Crippen LogP contribution is -2.42. The second-order valence-electron chi connectivity index (χ2n) is 5.55. The normalized spacial score (nSPS) is 23.3. The fourth-order valence-electron chi connectivity index (χ4n) is 2.56. The Hall–Kier alpha value is -1.10.